The van der Waals surface area contributed by atoms with Crippen molar-refractivity contribution in [2.24, 2.45) is 5.92 Å². The third kappa shape index (κ3) is 4.01. The molecule has 0 atom stereocenters. The number of para-hydroxylation sites is 1. The number of carbonyl (C=O) groups excluding carboxylic acids is 1. The van der Waals surface area contributed by atoms with E-state index < -0.39 is 0 Å². The van der Waals surface area contributed by atoms with Crippen LogP contribution < -0.4 is 9.64 Å². The van der Waals surface area contributed by atoms with Crippen LogP contribution >= 0.6 is 0 Å². The van der Waals surface area contributed by atoms with Crippen LogP contribution in [0.25, 0.3) is 22.3 Å². The minimum absolute atomic E-state index is 0.0274. The second-order valence-electron chi connectivity index (χ2n) is 7.13. The summed E-state index contributed by atoms with van der Waals surface area (Å²) in [6.45, 7) is 3.82. The van der Waals surface area contributed by atoms with Crippen molar-refractivity contribution >= 4 is 22.7 Å². The van der Waals surface area contributed by atoms with Gasteiger partial charge in [0.1, 0.15) is 11.6 Å². The summed E-state index contributed by atoms with van der Waals surface area (Å²) in [5, 5.41) is 1.03. The van der Waals surface area contributed by atoms with E-state index in [4.69, 9.17) is 19.4 Å². The lowest BCUT2D eigenvalue weighted by Gasteiger charge is -2.32. The summed E-state index contributed by atoms with van der Waals surface area (Å²) in [5.41, 5.74) is 1.86. The van der Waals surface area contributed by atoms with Crippen LogP contribution in [0.15, 0.2) is 48.5 Å². The predicted molar refractivity (Wildman–Crippen MR) is 113 cm³/mol. The second kappa shape index (κ2) is 8.47. The molecule has 29 heavy (non-hydrogen) atoms. The Hall–Kier alpha value is -3.15. The van der Waals surface area contributed by atoms with Gasteiger partial charge in [0.15, 0.2) is 5.82 Å². The first-order chi connectivity index (χ1) is 14.2. The monoisotopic (exact) mass is 391 g/mol. The molecule has 6 nitrogen and oxygen atoms in total. The lowest BCUT2D eigenvalue weighted by atomic mass is 9.97. The first kappa shape index (κ1) is 19.2. The molecule has 2 aromatic carbocycles. The van der Waals surface area contributed by atoms with E-state index in [1.165, 1.54) is 0 Å². The topological polar surface area (TPSA) is 64.5 Å². The number of ether oxygens (including phenoxy) is 2. The largest absolute Gasteiger partial charge is 0.497 e. The lowest BCUT2D eigenvalue weighted by molar-refractivity contribution is -0.148. The number of aromatic nitrogens is 2. The molecule has 1 aliphatic heterocycles. The van der Waals surface area contributed by atoms with E-state index in [9.17, 15) is 4.79 Å². The van der Waals surface area contributed by atoms with Gasteiger partial charge in [0.2, 0.25) is 0 Å². The van der Waals surface area contributed by atoms with Crippen molar-refractivity contribution in [3.63, 3.8) is 0 Å². The molecule has 2 heterocycles. The minimum Gasteiger partial charge on any atom is -0.497 e. The Bertz CT molecular complexity index is 996. The number of carbonyl (C=O) groups is 1. The number of rotatable bonds is 5. The van der Waals surface area contributed by atoms with Gasteiger partial charge in [-0.05, 0) is 56.2 Å². The summed E-state index contributed by atoms with van der Waals surface area (Å²) in [5.74, 6) is 2.30. The fourth-order valence-electron chi connectivity index (χ4n) is 3.76. The van der Waals surface area contributed by atoms with Gasteiger partial charge in [-0.3, -0.25) is 4.79 Å². The SMILES string of the molecule is CCOC(=O)C1CCN(c2nc(-c3ccc(OC)cc3)nc3ccccc23)CC1. The molecule has 0 spiro atoms. The molecule has 3 aromatic rings. The number of piperidine rings is 1. The van der Waals surface area contributed by atoms with Gasteiger partial charge in [-0.2, -0.15) is 0 Å². The maximum Gasteiger partial charge on any atom is 0.309 e. The van der Waals surface area contributed by atoms with Crippen LogP contribution in [0.3, 0.4) is 0 Å². The number of nitrogens with zero attached hydrogens (tertiary/aromatic N) is 3. The van der Waals surface area contributed by atoms with Gasteiger partial charge in [0.25, 0.3) is 0 Å². The van der Waals surface area contributed by atoms with Crippen molar-refractivity contribution in [3.8, 4) is 17.1 Å². The molecule has 0 N–H and O–H groups in total. The maximum absolute atomic E-state index is 12.1. The third-order valence-electron chi connectivity index (χ3n) is 5.35. The smallest absolute Gasteiger partial charge is 0.309 e. The Morgan fingerprint density at radius 1 is 1.07 bits per heavy atom. The average molecular weight is 391 g/mol. The van der Waals surface area contributed by atoms with E-state index in [1.54, 1.807) is 7.11 Å². The molecule has 1 aromatic heterocycles. The molecule has 6 heteroatoms. The van der Waals surface area contributed by atoms with Gasteiger partial charge in [-0.15, -0.1) is 0 Å². The molecular weight excluding hydrogens is 366 g/mol. The summed E-state index contributed by atoms with van der Waals surface area (Å²) < 4.78 is 10.4. The Morgan fingerprint density at radius 3 is 2.48 bits per heavy atom. The van der Waals surface area contributed by atoms with Crippen LogP contribution in [0.1, 0.15) is 19.8 Å². The molecule has 0 unspecified atom stereocenters. The number of hydrogen-bond donors (Lipinski definition) is 0. The van der Waals surface area contributed by atoms with Gasteiger partial charge in [0.05, 0.1) is 25.2 Å². The molecule has 4 rings (SSSR count). The number of anilines is 1. The van der Waals surface area contributed by atoms with Crippen molar-refractivity contribution < 1.29 is 14.3 Å². The highest BCUT2D eigenvalue weighted by Gasteiger charge is 2.27. The zero-order valence-electron chi connectivity index (χ0n) is 16.8. The number of fused-ring (bicyclic) bond motifs is 1. The Balaban J connectivity index is 1.66. The molecule has 0 amide bonds. The molecule has 150 valence electrons. The van der Waals surface area contributed by atoms with Crippen molar-refractivity contribution in [2.45, 2.75) is 19.8 Å². The van der Waals surface area contributed by atoms with Gasteiger partial charge < -0.3 is 14.4 Å². The van der Waals surface area contributed by atoms with Gasteiger partial charge in [-0.1, -0.05) is 12.1 Å². The van der Waals surface area contributed by atoms with E-state index in [1.807, 2.05) is 49.4 Å². The zero-order valence-corrected chi connectivity index (χ0v) is 16.8. The number of methoxy groups -OCH3 is 1. The first-order valence-electron chi connectivity index (χ1n) is 10.0. The summed E-state index contributed by atoms with van der Waals surface area (Å²) >= 11 is 0. The molecule has 1 fully saturated rings. The van der Waals surface area contributed by atoms with Gasteiger partial charge in [-0.25, -0.2) is 9.97 Å². The van der Waals surface area contributed by atoms with E-state index >= 15 is 0 Å². The van der Waals surface area contributed by atoms with Crippen molar-refractivity contribution in [3.05, 3.63) is 48.5 Å². The summed E-state index contributed by atoms with van der Waals surface area (Å²) in [6, 6.07) is 15.8. The highest BCUT2D eigenvalue weighted by molar-refractivity contribution is 5.91. The number of esters is 1. The van der Waals surface area contributed by atoms with Crippen LogP contribution in [0.2, 0.25) is 0 Å². The van der Waals surface area contributed by atoms with Crippen LogP contribution in [0.5, 0.6) is 5.75 Å². The molecule has 0 bridgehead atoms. The summed E-state index contributed by atoms with van der Waals surface area (Å²) in [7, 11) is 1.65. The zero-order chi connectivity index (χ0) is 20.2. The summed E-state index contributed by atoms with van der Waals surface area (Å²) in [6.07, 6.45) is 1.55. The highest BCUT2D eigenvalue weighted by Crippen LogP contribution is 2.31. The molecule has 0 aliphatic carbocycles. The number of benzene rings is 2. The fraction of sp³-hybridized carbons (Fsp3) is 0.348. The normalized spacial score (nSPS) is 14.8. The fourth-order valence-corrected chi connectivity index (χ4v) is 3.76. The molecule has 1 aliphatic rings. The standard InChI is InChI=1S/C23H25N3O3/c1-3-29-23(27)17-12-14-26(15-13-17)22-19-6-4-5-7-20(19)24-21(25-22)16-8-10-18(28-2)11-9-16/h4-11,17H,3,12-15H2,1-2H3. The quantitative estimate of drug-likeness (QED) is 0.611. The molecule has 0 radical (unpaired) electrons. The van der Waals surface area contributed by atoms with E-state index in [2.05, 4.69) is 11.0 Å². The molecule has 1 saturated heterocycles. The van der Waals surface area contributed by atoms with Crippen LogP contribution in [-0.4, -0.2) is 42.7 Å². The maximum atomic E-state index is 12.1. The lowest BCUT2D eigenvalue weighted by Crippen LogP contribution is -2.37. The van der Waals surface area contributed by atoms with Crippen LogP contribution in [0.4, 0.5) is 5.82 Å². The molecule has 0 saturated carbocycles. The summed E-state index contributed by atoms with van der Waals surface area (Å²) in [4.78, 5) is 24.0. The first-order valence-corrected chi connectivity index (χ1v) is 10.0. The van der Waals surface area contributed by atoms with E-state index in [0.29, 0.717) is 12.4 Å². The van der Waals surface area contributed by atoms with E-state index in [0.717, 1.165) is 54.0 Å². The van der Waals surface area contributed by atoms with Crippen molar-refractivity contribution in [1.29, 1.82) is 0 Å². The predicted octanol–water partition coefficient (Wildman–Crippen LogP) is 4.08. The van der Waals surface area contributed by atoms with Crippen LogP contribution in [-0.2, 0) is 9.53 Å². The van der Waals surface area contributed by atoms with E-state index in [-0.39, 0.29) is 11.9 Å². The van der Waals surface area contributed by atoms with Gasteiger partial charge >= 0.3 is 5.97 Å². The minimum atomic E-state index is -0.0846. The van der Waals surface area contributed by atoms with Crippen molar-refractivity contribution in [1.82, 2.24) is 9.97 Å². The Morgan fingerprint density at radius 2 is 1.79 bits per heavy atom. The van der Waals surface area contributed by atoms with Crippen molar-refractivity contribution in [2.75, 3.05) is 31.7 Å². The highest BCUT2D eigenvalue weighted by atomic mass is 16.5. The number of hydrogen-bond acceptors (Lipinski definition) is 6. The Kier molecular flexibility index (Phi) is 5.60. The molecular formula is C23H25N3O3. The Labute approximate surface area is 170 Å². The third-order valence-corrected chi connectivity index (χ3v) is 5.35. The van der Waals surface area contributed by atoms with Gasteiger partial charge in [0, 0.05) is 24.0 Å². The van der Waals surface area contributed by atoms with Crippen LogP contribution in [0, 0.1) is 5.92 Å². The second-order valence-corrected chi connectivity index (χ2v) is 7.13. The average Bonchev–Trinajstić information content (AvgIpc) is 2.78.